The number of hydrogen-bond acceptors (Lipinski definition) is 4. The van der Waals surface area contributed by atoms with Gasteiger partial charge >= 0.3 is 6.61 Å². The van der Waals surface area contributed by atoms with Crippen LogP contribution in [0.15, 0.2) is 47.5 Å². The molecule has 0 saturated heterocycles. The van der Waals surface area contributed by atoms with Crippen LogP contribution in [0.2, 0.25) is 5.02 Å². The first kappa shape index (κ1) is 27.2. The summed E-state index contributed by atoms with van der Waals surface area (Å²) in [5.74, 6) is 1.36. The van der Waals surface area contributed by atoms with Gasteiger partial charge in [0.1, 0.15) is 18.1 Å². The number of nitrogens with one attached hydrogen (secondary N) is 2. The Kier molecular flexibility index (Phi) is 12.5. The summed E-state index contributed by atoms with van der Waals surface area (Å²) in [5.41, 5.74) is 1.47. The molecule has 2 aromatic rings. The van der Waals surface area contributed by atoms with Crippen LogP contribution < -0.4 is 20.1 Å². The highest BCUT2D eigenvalue weighted by Crippen LogP contribution is 2.24. The number of ether oxygens (including phenoxy) is 2. The van der Waals surface area contributed by atoms with Gasteiger partial charge in [-0.3, -0.25) is 4.99 Å². The molecule has 2 rings (SSSR count). The van der Waals surface area contributed by atoms with Gasteiger partial charge in [-0.1, -0.05) is 29.8 Å². The number of benzene rings is 2. The van der Waals surface area contributed by atoms with E-state index in [4.69, 9.17) is 16.3 Å². The van der Waals surface area contributed by atoms with Gasteiger partial charge in [-0.2, -0.15) is 8.78 Å². The second kappa shape index (κ2) is 14.3. The van der Waals surface area contributed by atoms with Gasteiger partial charge in [0, 0.05) is 42.8 Å². The van der Waals surface area contributed by atoms with Crippen molar-refractivity contribution in [3.8, 4) is 11.5 Å². The zero-order valence-electron chi connectivity index (χ0n) is 17.7. The Balaban J connectivity index is 0.00000480. The van der Waals surface area contributed by atoms with Gasteiger partial charge in [-0.25, -0.2) is 0 Å². The van der Waals surface area contributed by atoms with Crippen molar-refractivity contribution in [2.75, 3.05) is 34.3 Å². The zero-order valence-corrected chi connectivity index (χ0v) is 20.8. The number of nitrogens with zero attached hydrogens (tertiary/aromatic N) is 2. The van der Waals surface area contributed by atoms with Gasteiger partial charge in [0.25, 0.3) is 0 Å². The van der Waals surface area contributed by atoms with Crippen molar-refractivity contribution < 1.29 is 18.3 Å². The lowest BCUT2D eigenvalue weighted by atomic mass is 10.2. The van der Waals surface area contributed by atoms with E-state index in [2.05, 4.69) is 25.3 Å². The third-order valence-corrected chi connectivity index (χ3v) is 4.36. The Labute approximate surface area is 204 Å². The molecule has 2 aromatic carbocycles. The lowest BCUT2D eigenvalue weighted by molar-refractivity contribution is -0.0504. The largest absolute Gasteiger partial charge is 0.492 e. The van der Waals surface area contributed by atoms with Gasteiger partial charge in [-0.05, 0) is 38.4 Å². The monoisotopic (exact) mass is 568 g/mol. The third-order valence-electron chi connectivity index (χ3n) is 4.12. The Morgan fingerprint density at radius 2 is 1.74 bits per heavy atom. The van der Waals surface area contributed by atoms with Crippen LogP contribution in [0, 0.1) is 0 Å². The van der Waals surface area contributed by atoms with Gasteiger partial charge in [-0.15, -0.1) is 24.0 Å². The molecule has 0 aliphatic rings. The molecule has 0 bridgehead atoms. The van der Waals surface area contributed by atoms with Gasteiger partial charge < -0.3 is 25.0 Å². The Bertz CT molecular complexity index is 841. The second-order valence-electron chi connectivity index (χ2n) is 6.67. The highest BCUT2D eigenvalue weighted by Gasteiger charge is 2.11. The van der Waals surface area contributed by atoms with E-state index in [1.807, 2.05) is 38.4 Å². The lowest BCUT2D eigenvalue weighted by Gasteiger charge is -2.17. The van der Waals surface area contributed by atoms with E-state index in [0.717, 1.165) is 17.9 Å². The first-order valence-electron chi connectivity index (χ1n) is 9.42. The fourth-order valence-corrected chi connectivity index (χ4v) is 2.80. The maximum absolute atomic E-state index is 12.6. The summed E-state index contributed by atoms with van der Waals surface area (Å²) < 4.78 is 35.7. The number of halogens is 4. The molecular formula is C21H28ClF2IN4O2. The molecule has 0 amide bonds. The SMILES string of the molecule is CN=C(NCc1ccccc1OCCN(C)C)NCc1cc(Cl)ccc1OC(F)F.I. The van der Waals surface area contributed by atoms with Gasteiger partial charge in [0.05, 0.1) is 0 Å². The standard InChI is InChI=1S/C21H27ClF2N4O2.HI/c1-25-21(27-14-16-12-17(22)8-9-19(16)30-20(23)24)26-13-15-6-4-5-7-18(15)29-11-10-28(2)3;/h4-9,12,20H,10-11,13-14H2,1-3H3,(H2,25,26,27);1H. The normalized spacial score (nSPS) is 11.3. The molecule has 0 aliphatic carbocycles. The van der Waals surface area contributed by atoms with E-state index in [9.17, 15) is 8.78 Å². The average molecular weight is 569 g/mol. The summed E-state index contributed by atoms with van der Waals surface area (Å²) in [7, 11) is 5.61. The van der Waals surface area contributed by atoms with Crippen molar-refractivity contribution in [1.29, 1.82) is 0 Å². The summed E-state index contributed by atoms with van der Waals surface area (Å²) in [4.78, 5) is 6.22. The molecule has 0 radical (unpaired) electrons. The average Bonchev–Trinajstić information content (AvgIpc) is 2.70. The van der Waals surface area contributed by atoms with Crippen LogP contribution in [-0.4, -0.2) is 51.8 Å². The highest BCUT2D eigenvalue weighted by atomic mass is 127. The topological polar surface area (TPSA) is 58.1 Å². The zero-order chi connectivity index (χ0) is 21.9. The molecule has 0 atom stereocenters. The van der Waals surface area contributed by atoms with E-state index < -0.39 is 6.61 Å². The van der Waals surface area contributed by atoms with Crippen LogP contribution in [0.4, 0.5) is 8.78 Å². The number of rotatable bonds is 10. The summed E-state index contributed by atoms with van der Waals surface area (Å²) in [6.45, 7) is -0.824. The maximum atomic E-state index is 12.6. The fourth-order valence-electron chi connectivity index (χ4n) is 2.60. The molecule has 0 aliphatic heterocycles. The molecule has 31 heavy (non-hydrogen) atoms. The molecule has 172 valence electrons. The lowest BCUT2D eigenvalue weighted by Crippen LogP contribution is -2.36. The number of alkyl halides is 2. The summed E-state index contributed by atoms with van der Waals surface area (Å²) in [6, 6.07) is 12.2. The predicted molar refractivity (Wildman–Crippen MR) is 131 cm³/mol. The maximum Gasteiger partial charge on any atom is 0.387 e. The van der Waals surface area contributed by atoms with E-state index in [-0.39, 0.29) is 36.3 Å². The summed E-state index contributed by atoms with van der Waals surface area (Å²) in [5, 5.41) is 6.71. The predicted octanol–water partition coefficient (Wildman–Crippen LogP) is 4.37. The summed E-state index contributed by atoms with van der Waals surface area (Å²) >= 11 is 5.99. The molecule has 6 nitrogen and oxygen atoms in total. The molecule has 0 fully saturated rings. The van der Waals surface area contributed by atoms with Gasteiger partial charge in [0.2, 0.25) is 0 Å². The van der Waals surface area contributed by atoms with Crippen molar-refractivity contribution in [2.45, 2.75) is 19.7 Å². The summed E-state index contributed by atoms with van der Waals surface area (Å²) in [6.07, 6.45) is 0. The molecular weight excluding hydrogens is 541 g/mol. The molecule has 0 heterocycles. The van der Waals surface area contributed by atoms with Crippen molar-refractivity contribution in [3.63, 3.8) is 0 Å². The van der Waals surface area contributed by atoms with Crippen LogP contribution in [0.25, 0.3) is 0 Å². The van der Waals surface area contributed by atoms with Crippen LogP contribution in [0.1, 0.15) is 11.1 Å². The molecule has 2 N–H and O–H groups in total. The molecule has 10 heteroatoms. The first-order valence-corrected chi connectivity index (χ1v) is 9.80. The molecule has 0 aromatic heterocycles. The van der Waals surface area contributed by atoms with Crippen molar-refractivity contribution >= 4 is 41.5 Å². The van der Waals surface area contributed by atoms with Crippen LogP contribution in [0.3, 0.4) is 0 Å². The quantitative estimate of drug-likeness (QED) is 0.253. The van der Waals surface area contributed by atoms with Gasteiger partial charge in [0.15, 0.2) is 5.96 Å². The number of para-hydroxylation sites is 1. The number of likely N-dealkylation sites (N-methyl/N-ethyl adjacent to an activating group) is 1. The molecule has 0 unspecified atom stereocenters. The van der Waals surface area contributed by atoms with E-state index in [1.54, 1.807) is 13.1 Å². The van der Waals surface area contributed by atoms with Crippen LogP contribution in [0.5, 0.6) is 11.5 Å². The third kappa shape index (κ3) is 9.88. The minimum absolute atomic E-state index is 0. The fraction of sp³-hybridized carbons (Fsp3) is 0.381. The highest BCUT2D eigenvalue weighted by molar-refractivity contribution is 14.0. The van der Waals surface area contributed by atoms with E-state index >= 15 is 0 Å². The smallest absolute Gasteiger partial charge is 0.387 e. The first-order chi connectivity index (χ1) is 14.4. The van der Waals surface area contributed by atoms with E-state index in [1.165, 1.54) is 12.1 Å². The van der Waals surface area contributed by atoms with Crippen molar-refractivity contribution in [2.24, 2.45) is 4.99 Å². The number of guanidine groups is 1. The Hall–Kier alpha value is -1.85. The van der Waals surface area contributed by atoms with Crippen LogP contribution >= 0.6 is 35.6 Å². The number of hydrogen-bond donors (Lipinski definition) is 2. The molecule has 0 saturated carbocycles. The second-order valence-corrected chi connectivity index (χ2v) is 7.11. The van der Waals surface area contributed by atoms with E-state index in [0.29, 0.717) is 29.7 Å². The van der Waals surface area contributed by atoms with Crippen molar-refractivity contribution in [3.05, 3.63) is 58.6 Å². The number of aliphatic imine (C=N–C) groups is 1. The Morgan fingerprint density at radius 3 is 2.39 bits per heavy atom. The molecule has 0 spiro atoms. The minimum atomic E-state index is -2.91. The van der Waals surface area contributed by atoms with Crippen molar-refractivity contribution in [1.82, 2.24) is 15.5 Å². The van der Waals surface area contributed by atoms with Crippen LogP contribution in [-0.2, 0) is 13.1 Å². The minimum Gasteiger partial charge on any atom is -0.492 e. The Morgan fingerprint density at radius 1 is 1.06 bits per heavy atom.